The molecule has 1 aromatic rings. The van der Waals surface area contributed by atoms with Crippen LogP contribution >= 0.6 is 0 Å². The van der Waals surface area contributed by atoms with Gasteiger partial charge in [-0.15, -0.1) is 0 Å². The van der Waals surface area contributed by atoms with Crippen molar-refractivity contribution in [1.29, 1.82) is 0 Å². The number of rotatable bonds is 30. The molecule has 0 fully saturated rings. The molecule has 0 aliphatic carbocycles. The number of carboxylic acid groups (broad SMARTS) is 1. The van der Waals surface area contributed by atoms with E-state index in [1.165, 1.54) is 12.1 Å². The minimum atomic E-state index is -3.76. The number of nitrogens with one attached hydrogen (secondary N) is 1. The molecule has 0 aliphatic rings. The largest absolute Gasteiger partial charge is 0.481 e. The fraction of sp³-hybridized carbons (Fsp3) is 0.704. The maximum Gasteiger partial charge on any atom is 0.303 e. The first-order valence-electron chi connectivity index (χ1n) is 13.9. The van der Waals surface area contributed by atoms with E-state index in [4.69, 9.17) is 42.4 Å². The zero-order valence-corrected chi connectivity index (χ0v) is 24.9. The molecule has 0 spiro atoms. The molecule has 0 saturated heterocycles. The van der Waals surface area contributed by atoms with Gasteiger partial charge in [0.2, 0.25) is 5.91 Å². The number of carboxylic acids is 1. The molecule has 0 unspecified atom stereocenters. The lowest BCUT2D eigenvalue weighted by atomic mass is 10.3. The third-order valence-corrected chi connectivity index (χ3v) is 6.41. The molecule has 2 N–H and O–H groups in total. The monoisotopic (exact) mass is 623 g/mol. The minimum absolute atomic E-state index is 0.0175. The Hall–Kier alpha value is -2.21. The SMILES string of the molecule is O=C(O)CCC(=O)NCCCOCCOCCOCCOCCOCCOCCOCCOS(=O)(=O)c1ccccc1. The third-order valence-electron chi connectivity index (χ3n) is 5.08. The van der Waals surface area contributed by atoms with Gasteiger partial charge in [-0.1, -0.05) is 18.2 Å². The van der Waals surface area contributed by atoms with Crippen LogP contribution in [0, 0.1) is 0 Å². The van der Waals surface area contributed by atoms with E-state index in [1.54, 1.807) is 18.2 Å². The summed E-state index contributed by atoms with van der Waals surface area (Å²) in [5.41, 5.74) is 0. The second-order valence-electron chi connectivity index (χ2n) is 8.47. The molecule has 0 aliphatic heterocycles. The van der Waals surface area contributed by atoms with E-state index in [1.807, 2.05) is 0 Å². The lowest BCUT2D eigenvalue weighted by Crippen LogP contribution is -2.25. The van der Waals surface area contributed by atoms with Crippen LogP contribution in [0.3, 0.4) is 0 Å². The van der Waals surface area contributed by atoms with Crippen LogP contribution in [0.2, 0.25) is 0 Å². The second kappa shape index (κ2) is 26.4. The van der Waals surface area contributed by atoms with Crippen LogP contribution in [0.15, 0.2) is 35.2 Å². The molecule has 42 heavy (non-hydrogen) atoms. The lowest BCUT2D eigenvalue weighted by molar-refractivity contribution is -0.138. The molecule has 0 aromatic heterocycles. The first-order chi connectivity index (χ1) is 20.4. The molecule has 1 aromatic carbocycles. The van der Waals surface area contributed by atoms with Crippen molar-refractivity contribution >= 4 is 22.0 Å². The molecule has 15 heteroatoms. The second-order valence-corrected chi connectivity index (χ2v) is 10.1. The van der Waals surface area contributed by atoms with Gasteiger partial charge in [0.15, 0.2) is 0 Å². The van der Waals surface area contributed by atoms with E-state index in [0.29, 0.717) is 98.9 Å². The maximum atomic E-state index is 11.9. The van der Waals surface area contributed by atoms with Crippen molar-refractivity contribution < 1.29 is 60.5 Å². The average molecular weight is 624 g/mol. The van der Waals surface area contributed by atoms with Crippen LogP contribution in [0.25, 0.3) is 0 Å². The molecule has 1 rings (SSSR count). The Bertz CT molecular complexity index is 903. The molecule has 0 radical (unpaired) electrons. The van der Waals surface area contributed by atoms with Crippen molar-refractivity contribution in [2.45, 2.75) is 24.2 Å². The molecule has 242 valence electrons. The predicted octanol–water partition coefficient (Wildman–Crippen LogP) is 0.879. The summed E-state index contributed by atoms with van der Waals surface area (Å²) in [6.07, 6.45) is 0.453. The van der Waals surface area contributed by atoms with E-state index >= 15 is 0 Å². The molecule has 0 bridgehead atoms. The third kappa shape index (κ3) is 23.4. The standard InChI is InChI=1S/C27H45NO13S/c29-26(7-8-27(30)31)28-9-4-10-34-11-12-35-13-14-36-15-16-37-17-18-38-19-20-39-21-22-40-23-24-41-42(32,33)25-5-2-1-3-6-25/h1-3,5-6H,4,7-24H2,(H,28,29)(H,30,31). The number of carbonyl (C=O) groups excluding carboxylic acids is 1. The van der Waals surface area contributed by atoms with Crippen LogP contribution in [0.1, 0.15) is 19.3 Å². The lowest BCUT2D eigenvalue weighted by Gasteiger charge is -2.09. The van der Waals surface area contributed by atoms with Gasteiger partial charge in [0.1, 0.15) is 0 Å². The van der Waals surface area contributed by atoms with E-state index in [-0.39, 0.29) is 36.9 Å². The molecule has 1 amide bonds. The summed E-state index contributed by atoms with van der Waals surface area (Å²) in [6.45, 7) is 6.05. The van der Waals surface area contributed by atoms with Gasteiger partial charge < -0.3 is 43.6 Å². The number of benzene rings is 1. The first kappa shape index (κ1) is 37.8. The quantitative estimate of drug-likeness (QED) is 0.0914. The molecular formula is C27H45NO13S. The smallest absolute Gasteiger partial charge is 0.303 e. The Morgan fingerprint density at radius 2 is 1.00 bits per heavy atom. The van der Waals surface area contributed by atoms with E-state index in [9.17, 15) is 18.0 Å². The Morgan fingerprint density at radius 3 is 1.43 bits per heavy atom. The highest BCUT2D eigenvalue weighted by Gasteiger charge is 2.13. The molecule has 0 heterocycles. The molecule has 0 atom stereocenters. The average Bonchev–Trinajstić information content (AvgIpc) is 2.98. The zero-order chi connectivity index (χ0) is 30.6. The van der Waals surface area contributed by atoms with E-state index in [2.05, 4.69) is 5.32 Å². The number of hydrogen-bond acceptors (Lipinski definition) is 12. The Labute approximate surface area is 248 Å². The summed E-state index contributed by atoms with van der Waals surface area (Å²) in [7, 11) is -3.76. The summed E-state index contributed by atoms with van der Waals surface area (Å²) < 4.78 is 66.5. The van der Waals surface area contributed by atoms with Crippen LogP contribution in [-0.2, 0) is 57.0 Å². The van der Waals surface area contributed by atoms with E-state index in [0.717, 1.165) is 0 Å². The molecule has 14 nitrogen and oxygen atoms in total. The predicted molar refractivity (Wildman–Crippen MR) is 150 cm³/mol. The van der Waals surface area contributed by atoms with Gasteiger partial charge >= 0.3 is 5.97 Å². The van der Waals surface area contributed by atoms with Crippen LogP contribution in [0.5, 0.6) is 0 Å². The van der Waals surface area contributed by atoms with Crippen molar-refractivity contribution in [3.63, 3.8) is 0 Å². The fourth-order valence-corrected chi connectivity index (χ4v) is 3.90. The van der Waals surface area contributed by atoms with Gasteiger partial charge in [0.05, 0.1) is 104 Å². The summed E-state index contributed by atoms with van der Waals surface area (Å²) in [4.78, 5) is 21.8. The summed E-state index contributed by atoms with van der Waals surface area (Å²) in [5, 5.41) is 11.1. The van der Waals surface area contributed by atoms with Crippen LogP contribution in [0.4, 0.5) is 0 Å². The summed E-state index contributed by atoms with van der Waals surface area (Å²) in [5.74, 6) is -1.26. The van der Waals surface area contributed by atoms with Gasteiger partial charge in [0, 0.05) is 19.6 Å². The van der Waals surface area contributed by atoms with Gasteiger partial charge in [-0.3, -0.25) is 13.8 Å². The molecular weight excluding hydrogens is 578 g/mol. The highest BCUT2D eigenvalue weighted by molar-refractivity contribution is 7.86. The fourth-order valence-electron chi connectivity index (χ4n) is 2.99. The number of carbonyl (C=O) groups is 2. The van der Waals surface area contributed by atoms with Gasteiger partial charge in [-0.25, -0.2) is 0 Å². The number of aliphatic carboxylic acids is 1. The zero-order valence-electron chi connectivity index (χ0n) is 24.1. The normalized spacial score (nSPS) is 11.5. The Morgan fingerprint density at radius 1 is 0.595 bits per heavy atom. The van der Waals surface area contributed by atoms with Gasteiger partial charge in [-0.05, 0) is 18.6 Å². The number of ether oxygens (including phenoxy) is 7. The number of amides is 1. The highest BCUT2D eigenvalue weighted by Crippen LogP contribution is 2.10. The minimum Gasteiger partial charge on any atom is -0.481 e. The Kier molecular flexibility index (Phi) is 23.8. The van der Waals surface area contributed by atoms with Crippen LogP contribution < -0.4 is 5.32 Å². The molecule has 0 saturated carbocycles. The van der Waals surface area contributed by atoms with Crippen molar-refractivity contribution in [1.82, 2.24) is 5.32 Å². The van der Waals surface area contributed by atoms with Crippen molar-refractivity contribution in [3.8, 4) is 0 Å². The van der Waals surface area contributed by atoms with Crippen molar-refractivity contribution in [2.24, 2.45) is 0 Å². The van der Waals surface area contributed by atoms with Crippen LogP contribution in [-0.4, -0.2) is 131 Å². The maximum absolute atomic E-state index is 11.9. The Balaban J connectivity index is 1.71. The summed E-state index contributed by atoms with van der Waals surface area (Å²) >= 11 is 0. The topological polar surface area (TPSA) is 174 Å². The highest BCUT2D eigenvalue weighted by atomic mass is 32.2. The number of hydrogen-bond donors (Lipinski definition) is 2. The van der Waals surface area contributed by atoms with E-state index < -0.39 is 16.1 Å². The summed E-state index contributed by atoms with van der Waals surface area (Å²) in [6, 6.07) is 7.94. The van der Waals surface area contributed by atoms with Crippen molar-refractivity contribution in [3.05, 3.63) is 30.3 Å². The van der Waals surface area contributed by atoms with Gasteiger partial charge in [-0.2, -0.15) is 8.42 Å². The first-order valence-corrected chi connectivity index (χ1v) is 15.3. The van der Waals surface area contributed by atoms with Crippen molar-refractivity contribution in [2.75, 3.05) is 106 Å². The van der Waals surface area contributed by atoms with Gasteiger partial charge in [0.25, 0.3) is 10.1 Å².